The van der Waals surface area contributed by atoms with Gasteiger partial charge in [-0.1, -0.05) is 25.4 Å². The third-order valence-electron chi connectivity index (χ3n) is 1.70. The molecule has 0 aliphatic heterocycles. The van der Waals surface area contributed by atoms with E-state index in [-0.39, 0.29) is 0 Å². The van der Waals surface area contributed by atoms with Crippen molar-refractivity contribution < 1.29 is 0 Å². The van der Waals surface area contributed by atoms with Gasteiger partial charge in [0.1, 0.15) is 0 Å². The molecule has 2 aromatic rings. The predicted molar refractivity (Wildman–Crippen MR) is 71.0 cm³/mol. The van der Waals surface area contributed by atoms with Crippen molar-refractivity contribution in [1.29, 1.82) is 0 Å². The Morgan fingerprint density at radius 1 is 1.19 bits per heavy atom. The van der Waals surface area contributed by atoms with Crippen molar-refractivity contribution >= 4 is 23.5 Å². The summed E-state index contributed by atoms with van der Waals surface area (Å²) in [4.78, 5) is 1.12. The number of hydrogen-bond acceptors (Lipinski definition) is 2. The first-order valence-electron chi connectivity index (χ1n) is 5.19. The van der Waals surface area contributed by atoms with Crippen LogP contribution in [-0.4, -0.2) is 9.19 Å². The smallest absolute Gasteiger partial charge is 0.0529 e. The summed E-state index contributed by atoms with van der Waals surface area (Å²) in [7, 11) is 0. The molecular formula is C12H15ClN2S. The van der Waals surface area contributed by atoms with Gasteiger partial charge in [0.2, 0.25) is 0 Å². The van der Waals surface area contributed by atoms with Gasteiger partial charge in [0.25, 0.3) is 0 Å². The Balaban J connectivity index is 0.000000606. The molecule has 0 atom stereocenters. The number of halogens is 1. The largest absolute Gasteiger partial charge is 0.209 e. The molecule has 0 unspecified atom stereocenters. The molecule has 0 N–H and O–H groups in total. The summed E-state index contributed by atoms with van der Waals surface area (Å²) in [6.45, 7) is 6.02. The normalized spacial score (nSPS) is 9.50. The fourth-order valence-corrected chi connectivity index (χ4v) is 1.96. The van der Waals surface area contributed by atoms with Crippen LogP contribution in [0.25, 0.3) is 0 Å². The second-order valence-electron chi connectivity index (χ2n) is 2.97. The van der Waals surface area contributed by atoms with Crippen LogP contribution < -0.4 is 0 Å². The molecular weight excluding hydrogens is 240 g/mol. The number of benzene rings is 1. The van der Waals surface area contributed by atoms with Crippen LogP contribution in [0.1, 0.15) is 19.4 Å². The molecule has 0 saturated heterocycles. The molecule has 2 nitrogen and oxygen atoms in total. The van der Waals surface area contributed by atoms with E-state index in [2.05, 4.69) is 5.10 Å². The molecule has 1 aromatic carbocycles. The SMILES string of the molecule is CC.Cc1cnn(Sc2ccc(Cl)cc2)c1. The molecule has 0 radical (unpaired) electrons. The van der Waals surface area contributed by atoms with Crippen LogP contribution in [0.15, 0.2) is 41.6 Å². The fraction of sp³-hybridized carbons (Fsp3) is 0.250. The molecule has 4 heteroatoms. The third-order valence-corrected chi connectivity index (χ3v) is 2.82. The quantitative estimate of drug-likeness (QED) is 0.789. The van der Waals surface area contributed by atoms with Gasteiger partial charge in [-0.3, -0.25) is 0 Å². The first-order chi connectivity index (χ1) is 7.74. The Morgan fingerprint density at radius 3 is 2.31 bits per heavy atom. The van der Waals surface area contributed by atoms with Crippen molar-refractivity contribution in [1.82, 2.24) is 9.19 Å². The second-order valence-corrected chi connectivity index (χ2v) is 4.43. The monoisotopic (exact) mass is 254 g/mol. The van der Waals surface area contributed by atoms with Crippen LogP contribution in [-0.2, 0) is 0 Å². The highest BCUT2D eigenvalue weighted by atomic mass is 35.5. The van der Waals surface area contributed by atoms with Gasteiger partial charge in [0.15, 0.2) is 0 Å². The molecule has 86 valence electrons. The molecule has 0 amide bonds. The maximum Gasteiger partial charge on any atom is 0.0529 e. The summed E-state index contributed by atoms with van der Waals surface area (Å²) >= 11 is 7.35. The van der Waals surface area contributed by atoms with E-state index >= 15 is 0 Å². The topological polar surface area (TPSA) is 17.8 Å². The number of rotatable bonds is 2. The van der Waals surface area contributed by atoms with Crippen molar-refractivity contribution in [3.63, 3.8) is 0 Å². The van der Waals surface area contributed by atoms with E-state index in [9.17, 15) is 0 Å². The number of nitrogens with zero attached hydrogens (tertiary/aromatic N) is 2. The van der Waals surface area contributed by atoms with Crippen molar-refractivity contribution in [2.75, 3.05) is 0 Å². The molecule has 0 spiro atoms. The van der Waals surface area contributed by atoms with E-state index in [1.165, 1.54) is 0 Å². The Hall–Kier alpha value is -0.930. The molecule has 0 saturated carbocycles. The fourth-order valence-electron chi connectivity index (χ4n) is 1.04. The zero-order chi connectivity index (χ0) is 12.0. The van der Waals surface area contributed by atoms with E-state index in [4.69, 9.17) is 11.6 Å². The van der Waals surface area contributed by atoms with E-state index in [0.717, 1.165) is 15.5 Å². The highest BCUT2D eigenvalue weighted by Crippen LogP contribution is 2.21. The number of hydrogen-bond donors (Lipinski definition) is 0. The Bertz CT molecular complexity index is 423. The molecule has 16 heavy (non-hydrogen) atoms. The number of aryl methyl sites for hydroxylation is 1. The van der Waals surface area contributed by atoms with Crippen LogP contribution in [0.2, 0.25) is 5.02 Å². The minimum atomic E-state index is 0.756. The maximum atomic E-state index is 5.79. The van der Waals surface area contributed by atoms with Crippen LogP contribution in [0.5, 0.6) is 0 Å². The van der Waals surface area contributed by atoms with Gasteiger partial charge in [-0.05, 0) is 36.8 Å². The van der Waals surface area contributed by atoms with Crippen molar-refractivity contribution in [3.05, 3.63) is 47.2 Å². The lowest BCUT2D eigenvalue weighted by molar-refractivity contribution is 1.01. The first kappa shape index (κ1) is 13.1. The second kappa shape index (κ2) is 6.61. The van der Waals surface area contributed by atoms with Gasteiger partial charge < -0.3 is 0 Å². The summed E-state index contributed by atoms with van der Waals surface area (Å²) < 4.78 is 1.83. The van der Waals surface area contributed by atoms with Crippen molar-refractivity contribution in [3.8, 4) is 0 Å². The van der Waals surface area contributed by atoms with Crippen LogP contribution in [0, 0.1) is 6.92 Å². The van der Waals surface area contributed by atoms with Gasteiger partial charge in [-0.2, -0.15) is 5.10 Å². The van der Waals surface area contributed by atoms with E-state index < -0.39 is 0 Å². The lowest BCUT2D eigenvalue weighted by Gasteiger charge is -1.99. The molecule has 1 heterocycles. The summed E-state index contributed by atoms with van der Waals surface area (Å²) in [6, 6.07) is 7.70. The lowest BCUT2D eigenvalue weighted by atomic mass is 10.4. The average molecular weight is 255 g/mol. The summed E-state index contributed by atoms with van der Waals surface area (Å²) in [5.41, 5.74) is 1.16. The van der Waals surface area contributed by atoms with Gasteiger partial charge >= 0.3 is 0 Å². The van der Waals surface area contributed by atoms with Gasteiger partial charge in [0.05, 0.1) is 6.20 Å². The Morgan fingerprint density at radius 2 is 1.81 bits per heavy atom. The van der Waals surface area contributed by atoms with Gasteiger partial charge in [0, 0.05) is 28.1 Å². The van der Waals surface area contributed by atoms with Crippen molar-refractivity contribution in [2.45, 2.75) is 25.7 Å². The van der Waals surface area contributed by atoms with E-state index in [1.54, 1.807) is 11.9 Å². The summed E-state index contributed by atoms with van der Waals surface area (Å²) in [5, 5.41) is 4.94. The summed E-state index contributed by atoms with van der Waals surface area (Å²) in [5.74, 6) is 0. The van der Waals surface area contributed by atoms with E-state index in [1.807, 2.05) is 61.5 Å². The first-order valence-corrected chi connectivity index (χ1v) is 6.34. The Labute approximate surface area is 106 Å². The molecule has 0 bridgehead atoms. The molecule has 0 fully saturated rings. The van der Waals surface area contributed by atoms with Crippen molar-refractivity contribution in [2.24, 2.45) is 0 Å². The minimum Gasteiger partial charge on any atom is -0.209 e. The molecule has 1 aromatic heterocycles. The number of aromatic nitrogens is 2. The predicted octanol–water partition coefficient (Wildman–Crippen LogP) is 4.43. The zero-order valence-electron chi connectivity index (χ0n) is 9.64. The van der Waals surface area contributed by atoms with Crippen LogP contribution in [0.4, 0.5) is 0 Å². The summed E-state index contributed by atoms with van der Waals surface area (Å²) in [6.07, 6.45) is 3.82. The van der Waals surface area contributed by atoms with Gasteiger partial charge in [-0.15, -0.1) is 0 Å². The molecule has 0 aliphatic carbocycles. The van der Waals surface area contributed by atoms with Crippen LogP contribution >= 0.6 is 23.5 Å². The zero-order valence-corrected chi connectivity index (χ0v) is 11.2. The lowest BCUT2D eigenvalue weighted by Crippen LogP contribution is -1.85. The minimum absolute atomic E-state index is 0.756. The third kappa shape index (κ3) is 3.91. The molecule has 2 rings (SSSR count). The van der Waals surface area contributed by atoms with Gasteiger partial charge in [-0.25, -0.2) is 4.09 Å². The standard InChI is InChI=1S/C10H9ClN2S.C2H6/c1-8-6-12-13(7-8)14-10-4-2-9(11)3-5-10;1-2/h2-7H,1H3;1-2H3. The Kier molecular flexibility index (Phi) is 5.43. The maximum absolute atomic E-state index is 5.79. The van der Waals surface area contributed by atoms with E-state index in [0.29, 0.717) is 0 Å². The van der Waals surface area contributed by atoms with Crippen LogP contribution in [0.3, 0.4) is 0 Å². The highest BCUT2D eigenvalue weighted by molar-refractivity contribution is 7.97. The average Bonchev–Trinajstić information content (AvgIpc) is 2.70. The molecule has 0 aliphatic rings. The highest BCUT2D eigenvalue weighted by Gasteiger charge is 1.97.